The van der Waals surface area contributed by atoms with Crippen LogP contribution in [-0.2, 0) is 16.2 Å². The summed E-state index contributed by atoms with van der Waals surface area (Å²) in [6, 6.07) is 22.7. The Morgan fingerprint density at radius 1 is 0.828 bits per heavy atom. The van der Waals surface area contributed by atoms with Gasteiger partial charge in [0.2, 0.25) is 11.8 Å². The van der Waals surface area contributed by atoms with Crippen LogP contribution in [0.3, 0.4) is 0 Å². The SMILES string of the molecule is Cc1ccc(NC(=O)CC(=O)Nc2ccc(OCc3ccccc3)cc2)c(C)c1. The molecular weight excluding hydrogens is 364 g/mol. The van der Waals surface area contributed by atoms with E-state index in [4.69, 9.17) is 4.74 Å². The molecule has 0 radical (unpaired) electrons. The van der Waals surface area contributed by atoms with Gasteiger partial charge in [0.25, 0.3) is 0 Å². The minimum atomic E-state index is -0.370. The predicted molar refractivity (Wildman–Crippen MR) is 115 cm³/mol. The maximum absolute atomic E-state index is 12.1. The molecule has 0 aliphatic rings. The minimum Gasteiger partial charge on any atom is -0.489 e. The molecule has 0 fully saturated rings. The number of hydrogen-bond donors (Lipinski definition) is 2. The number of benzene rings is 3. The number of ether oxygens (including phenoxy) is 1. The zero-order valence-corrected chi connectivity index (χ0v) is 16.6. The molecule has 0 unspecified atom stereocenters. The molecule has 148 valence electrons. The number of hydrogen-bond acceptors (Lipinski definition) is 3. The molecule has 3 rings (SSSR count). The first-order valence-corrected chi connectivity index (χ1v) is 9.43. The van der Waals surface area contributed by atoms with Gasteiger partial charge in [0.15, 0.2) is 0 Å². The molecule has 0 bridgehead atoms. The average Bonchev–Trinajstić information content (AvgIpc) is 2.70. The fraction of sp³-hybridized carbons (Fsp3) is 0.167. The summed E-state index contributed by atoms with van der Waals surface area (Å²) in [7, 11) is 0. The second-order valence-electron chi connectivity index (χ2n) is 6.89. The molecule has 0 heterocycles. The Hall–Kier alpha value is -3.60. The summed E-state index contributed by atoms with van der Waals surface area (Å²) in [6.07, 6.45) is -0.250. The van der Waals surface area contributed by atoms with Crippen LogP contribution in [0.5, 0.6) is 5.75 Å². The summed E-state index contributed by atoms with van der Waals surface area (Å²) in [4.78, 5) is 24.3. The Morgan fingerprint density at radius 2 is 1.52 bits per heavy atom. The quantitative estimate of drug-likeness (QED) is 0.569. The van der Waals surface area contributed by atoms with E-state index in [0.29, 0.717) is 23.7 Å². The monoisotopic (exact) mass is 388 g/mol. The smallest absolute Gasteiger partial charge is 0.233 e. The van der Waals surface area contributed by atoms with Gasteiger partial charge in [-0.3, -0.25) is 9.59 Å². The maximum atomic E-state index is 12.1. The summed E-state index contributed by atoms with van der Waals surface area (Å²) < 4.78 is 5.73. The normalized spacial score (nSPS) is 10.3. The molecule has 0 spiro atoms. The van der Waals surface area contributed by atoms with Crippen molar-refractivity contribution in [1.29, 1.82) is 0 Å². The summed E-state index contributed by atoms with van der Waals surface area (Å²) in [5.41, 5.74) is 4.49. The fourth-order valence-electron chi connectivity index (χ4n) is 2.87. The molecule has 5 heteroatoms. The van der Waals surface area contributed by atoms with E-state index in [0.717, 1.165) is 16.7 Å². The van der Waals surface area contributed by atoms with Gasteiger partial charge >= 0.3 is 0 Å². The van der Waals surface area contributed by atoms with Crippen LogP contribution in [-0.4, -0.2) is 11.8 Å². The number of aryl methyl sites for hydroxylation is 2. The Kier molecular flexibility index (Phi) is 6.63. The molecule has 0 aromatic heterocycles. The lowest BCUT2D eigenvalue weighted by Crippen LogP contribution is -2.21. The highest BCUT2D eigenvalue weighted by atomic mass is 16.5. The van der Waals surface area contributed by atoms with Crippen LogP contribution in [0.4, 0.5) is 11.4 Å². The van der Waals surface area contributed by atoms with Crippen molar-refractivity contribution in [3.8, 4) is 5.75 Å². The second-order valence-corrected chi connectivity index (χ2v) is 6.89. The van der Waals surface area contributed by atoms with Crippen LogP contribution in [0.15, 0.2) is 72.8 Å². The molecule has 2 N–H and O–H groups in total. The molecule has 0 aliphatic carbocycles. The predicted octanol–water partition coefficient (Wildman–Crippen LogP) is 4.85. The van der Waals surface area contributed by atoms with Gasteiger partial charge in [-0.05, 0) is 55.3 Å². The van der Waals surface area contributed by atoms with Gasteiger partial charge in [0.1, 0.15) is 18.8 Å². The molecule has 2 amide bonds. The van der Waals surface area contributed by atoms with E-state index in [1.807, 2.05) is 62.4 Å². The van der Waals surface area contributed by atoms with Gasteiger partial charge in [-0.15, -0.1) is 0 Å². The van der Waals surface area contributed by atoms with Crippen LogP contribution in [0.1, 0.15) is 23.1 Å². The lowest BCUT2D eigenvalue weighted by Gasteiger charge is -2.10. The van der Waals surface area contributed by atoms with Gasteiger partial charge in [0.05, 0.1) is 0 Å². The minimum absolute atomic E-state index is 0.250. The van der Waals surface area contributed by atoms with Gasteiger partial charge in [-0.1, -0.05) is 48.0 Å². The molecule has 0 saturated heterocycles. The lowest BCUT2D eigenvalue weighted by molar-refractivity contribution is -0.123. The highest BCUT2D eigenvalue weighted by Crippen LogP contribution is 2.18. The lowest BCUT2D eigenvalue weighted by atomic mass is 10.1. The third kappa shape index (κ3) is 6.21. The summed E-state index contributed by atoms with van der Waals surface area (Å²) in [6.45, 7) is 4.39. The number of anilines is 2. The van der Waals surface area contributed by atoms with E-state index in [9.17, 15) is 9.59 Å². The Bertz CT molecular complexity index is 983. The highest BCUT2D eigenvalue weighted by molar-refractivity contribution is 6.08. The molecule has 3 aromatic carbocycles. The van der Waals surface area contributed by atoms with Crippen molar-refractivity contribution in [2.75, 3.05) is 10.6 Å². The second kappa shape index (κ2) is 9.55. The van der Waals surface area contributed by atoms with Crippen molar-refractivity contribution in [3.05, 3.63) is 89.5 Å². The van der Waals surface area contributed by atoms with Gasteiger partial charge in [-0.25, -0.2) is 0 Å². The first-order chi connectivity index (χ1) is 14.0. The summed E-state index contributed by atoms with van der Waals surface area (Å²) in [5, 5.41) is 5.50. The van der Waals surface area contributed by atoms with E-state index in [1.165, 1.54) is 0 Å². The Morgan fingerprint density at radius 3 is 2.21 bits per heavy atom. The number of carbonyl (C=O) groups is 2. The van der Waals surface area contributed by atoms with Crippen molar-refractivity contribution in [3.63, 3.8) is 0 Å². The van der Waals surface area contributed by atoms with E-state index in [1.54, 1.807) is 24.3 Å². The molecule has 0 saturated carbocycles. The van der Waals surface area contributed by atoms with E-state index >= 15 is 0 Å². The topological polar surface area (TPSA) is 67.4 Å². The molecule has 0 aliphatic heterocycles. The molecule has 0 atom stereocenters. The van der Waals surface area contributed by atoms with Gasteiger partial charge < -0.3 is 15.4 Å². The standard InChI is InChI=1S/C24H24N2O3/c1-17-8-13-22(18(2)14-17)26-24(28)15-23(27)25-20-9-11-21(12-10-20)29-16-19-6-4-3-5-7-19/h3-14H,15-16H2,1-2H3,(H,25,27)(H,26,28). The van der Waals surface area contributed by atoms with Gasteiger partial charge in [0, 0.05) is 11.4 Å². The van der Waals surface area contributed by atoms with Crippen molar-refractivity contribution < 1.29 is 14.3 Å². The third-order valence-electron chi connectivity index (χ3n) is 4.36. The van der Waals surface area contributed by atoms with Gasteiger partial charge in [-0.2, -0.15) is 0 Å². The van der Waals surface area contributed by atoms with Crippen LogP contribution in [0.25, 0.3) is 0 Å². The van der Waals surface area contributed by atoms with Crippen LogP contribution < -0.4 is 15.4 Å². The van der Waals surface area contributed by atoms with Crippen LogP contribution >= 0.6 is 0 Å². The Labute approximate surface area is 170 Å². The largest absolute Gasteiger partial charge is 0.489 e. The first-order valence-electron chi connectivity index (χ1n) is 9.43. The first kappa shape index (κ1) is 20.1. The number of amides is 2. The van der Waals surface area contributed by atoms with E-state index < -0.39 is 0 Å². The highest BCUT2D eigenvalue weighted by Gasteiger charge is 2.11. The van der Waals surface area contributed by atoms with E-state index in [2.05, 4.69) is 10.6 Å². The van der Waals surface area contributed by atoms with Crippen LogP contribution in [0, 0.1) is 13.8 Å². The summed E-state index contributed by atoms with van der Waals surface area (Å²) in [5.74, 6) is -0.0121. The van der Waals surface area contributed by atoms with Crippen molar-refractivity contribution >= 4 is 23.2 Å². The zero-order valence-electron chi connectivity index (χ0n) is 16.6. The van der Waals surface area contributed by atoms with Crippen molar-refractivity contribution in [1.82, 2.24) is 0 Å². The summed E-state index contributed by atoms with van der Waals surface area (Å²) >= 11 is 0. The molecule has 5 nitrogen and oxygen atoms in total. The van der Waals surface area contributed by atoms with Crippen LogP contribution in [0.2, 0.25) is 0 Å². The molecular formula is C24H24N2O3. The zero-order chi connectivity index (χ0) is 20.6. The third-order valence-corrected chi connectivity index (χ3v) is 4.36. The fourth-order valence-corrected chi connectivity index (χ4v) is 2.87. The Balaban J connectivity index is 1.48. The number of rotatable bonds is 7. The number of carbonyl (C=O) groups excluding carboxylic acids is 2. The van der Waals surface area contributed by atoms with Crippen molar-refractivity contribution in [2.24, 2.45) is 0 Å². The number of nitrogens with one attached hydrogen (secondary N) is 2. The van der Waals surface area contributed by atoms with E-state index in [-0.39, 0.29) is 18.2 Å². The average molecular weight is 388 g/mol. The maximum Gasteiger partial charge on any atom is 0.233 e. The molecule has 3 aromatic rings. The van der Waals surface area contributed by atoms with Crippen molar-refractivity contribution in [2.45, 2.75) is 26.9 Å². The molecule has 29 heavy (non-hydrogen) atoms.